The highest BCUT2D eigenvalue weighted by atomic mass is 32.1. The Labute approximate surface area is 118 Å². The fourth-order valence-corrected chi connectivity index (χ4v) is 2.66. The molecule has 0 radical (unpaired) electrons. The first-order valence-corrected chi connectivity index (χ1v) is 7.45. The van der Waals surface area contributed by atoms with Gasteiger partial charge in [-0.25, -0.2) is 4.98 Å². The Hall–Kier alpha value is -1.39. The summed E-state index contributed by atoms with van der Waals surface area (Å²) < 4.78 is 5.16. The molecule has 0 aliphatic rings. The number of unbranched alkanes of at least 4 members (excludes halogenated alkanes) is 1. The van der Waals surface area contributed by atoms with Crippen LogP contribution in [0.5, 0.6) is 5.75 Å². The van der Waals surface area contributed by atoms with Crippen molar-refractivity contribution in [1.82, 2.24) is 10.3 Å². The molecular weight excluding hydrogens is 256 g/mol. The second kappa shape index (κ2) is 7.26. The second-order valence-corrected chi connectivity index (χ2v) is 5.51. The lowest BCUT2D eigenvalue weighted by molar-refractivity contribution is 0.415. The molecule has 3 nitrogen and oxygen atoms in total. The predicted octanol–water partition coefficient (Wildman–Crippen LogP) is 3.71. The van der Waals surface area contributed by atoms with Gasteiger partial charge in [-0.2, -0.15) is 0 Å². The lowest BCUT2D eigenvalue weighted by atomic mass is 10.2. The molecule has 2 aromatic rings. The molecule has 19 heavy (non-hydrogen) atoms. The smallest absolute Gasteiger partial charge is 0.123 e. The molecule has 1 N–H and O–H groups in total. The molecule has 0 fully saturated rings. The number of benzene rings is 1. The summed E-state index contributed by atoms with van der Waals surface area (Å²) in [6, 6.07) is 8.03. The molecule has 2 rings (SSSR count). The number of rotatable bonds is 7. The summed E-state index contributed by atoms with van der Waals surface area (Å²) in [4.78, 5) is 5.76. The number of hydrogen-bond acceptors (Lipinski definition) is 4. The van der Waals surface area contributed by atoms with E-state index in [9.17, 15) is 0 Å². The Kier molecular flexibility index (Phi) is 5.36. The van der Waals surface area contributed by atoms with Gasteiger partial charge >= 0.3 is 0 Å². The van der Waals surface area contributed by atoms with Crippen molar-refractivity contribution in [2.75, 3.05) is 13.7 Å². The van der Waals surface area contributed by atoms with Gasteiger partial charge in [-0.3, -0.25) is 0 Å². The fourth-order valence-electron chi connectivity index (χ4n) is 1.77. The van der Waals surface area contributed by atoms with E-state index < -0.39 is 0 Å². The molecule has 102 valence electrons. The molecule has 1 aromatic carbocycles. The number of ether oxygens (including phenoxy) is 1. The van der Waals surface area contributed by atoms with E-state index in [-0.39, 0.29) is 0 Å². The quantitative estimate of drug-likeness (QED) is 0.783. The van der Waals surface area contributed by atoms with Gasteiger partial charge in [-0.1, -0.05) is 13.3 Å². The summed E-state index contributed by atoms with van der Waals surface area (Å²) in [6.07, 6.45) is 4.42. The molecule has 0 saturated carbocycles. The van der Waals surface area contributed by atoms with Crippen molar-refractivity contribution in [3.8, 4) is 16.3 Å². The number of thiazole rings is 1. The molecule has 0 atom stereocenters. The van der Waals surface area contributed by atoms with Crippen LogP contribution in [0.4, 0.5) is 0 Å². The first-order chi connectivity index (χ1) is 9.33. The Balaban J connectivity index is 1.95. The van der Waals surface area contributed by atoms with Crippen LogP contribution in [-0.4, -0.2) is 18.6 Å². The molecule has 0 amide bonds. The topological polar surface area (TPSA) is 34.2 Å². The minimum absolute atomic E-state index is 0.877. The lowest BCUT2D eigenvalue weighted by Gasteiger charge is -2.01. The molecule has 0 bridgehead atoms. The van der Waals surface area contributed by atoms with E-state index in [4.69, 9.17) is 4.74 Å². The summed E-state index contributed by atoms with van der Waals surface area (Å²) in [5.74, 6) is 0.877. The maximum Gasteiger partial charge on any atom is 0.123 e. The molecule has 0 spiro atoms. The third kappa shape index (κ3) is 4.04. The van der Waals surface area contributed by atoms with E-state index in [1.807, 2.05) is 30.5 Å². The third-order valence-electron chi connectivity index (χ3n) is 2.90. The zero-order valence-corrected chi connectivity index (χ0v) is 12.3. The van der Waals surface area contributed by atoms with Crippen molar-refractivity contribution in [3.63, 3.8) is 0 Å². The normalized spacial score (nSPS) is 10.6. The first-order valence-electron chi connectivity index (χ1n) is 6.63. The Morgan fingerprint density at radius 1 is 1.26 bits per heavy atom. The molecule has 1 heterocycles. The van der Waals surface area contributed by atoms with Crippen LogP contribution in [0.3, 0.4) is 0 Å². The highest BCUT2D eigenvalue weighted by molar-refractivity contribution is 7.15. The summed E-state index contributed by atoms with van der Waals surface area (Å²) >= 11 is 1.74. The average molecular weight is 276 g/mol. The lowest BCUT2D eigenvalue weighted by Crippen LogP contribution is -2.13. The van der Waals surface area contributed by atoms with E-state index in [0.717, 1.165) is 29.4 Å². The average Bonchev–Trinajstić information content (AvgIpc) is 2.92. The summed E-state index contributed by atoms with van der Waals surface area (Å²) in [7, 11) is 1.68. The second-order valence-electron chi connectivity index (χ2n) is 4.39. The van der Waals surface area contributed by atoms with Gasteiger partial charge in [0.1, 0.15) is 10.8 Å². The van der Waals surface area contributed by atoms with Gasteiger partial charge in [0.25, 0.3) is 0 Å². The number of nitrogens with one attached hydrogen (secondary N) is 1. The van der Waals surface area contributed by atoms with Crippen LogP contribution >= 0.6 is 11.3 Å². The number of nitrogens with zero attached hydrogens (tertiary/aromatic N) is 1. The molecule has 0 saturated heterocycles. The van der Waals surface area contributed by atoms with Crippen LogP contribution in [-0.2, 0) is 6.54 Å². The van der Waals surface area contributed by atoms with Crippen molar-refractivity contribution in [1.29, 1.82) is 0 Å². The van der Waals surface area contributed by atoms with Crippen LogP contribution < -0.4 is 10.1 Å². The van der Waals surface area contributed by atoms with Crippen molar-refractivity contribution in [2.45, 2.75) is 26.3 Å². The summed E-state index contributed by atoms with van der Waals surface area (Å²) in [5, 5.41) is 4.50. The fraction of sp³-hybridized carbons (Fsp3) is 0.400. The van der Waals surface area contributed by atoms with Crippen molar-refractivity contribution in [2.24, 2.45) is 0 Å². The van der Waals surface area contributed by atoms with Gasteiger partial charge in [-0.05, 0) is 37.2 Å². The third-order valence-corrected chi connectivity index (χ3v) is 3.94. The summed E-state index contributed by atoms with van der Waals surface area (Å²) in [6.45, 7) is 4.19. The first kappa shape index (κ1) is 14.0. The maximum atomic E-state index is 5.16. The number of aromatic nitrogens is 1. The SMILES string of the molecule is CCCCNCc1cnc(-c2ccc(OC)cc2)s1. The molecular formula is C15H20N2OS. The molecule has 0 aliphatic carbocycles. The van der Waals surface area contributed by atoms with Crippen LogP contribution in [0.1, 0.15) is 24.6 Å². The molecule has 4 heteroatoms. The maximum absolute atomic E-state index is 5.16. The van der Waals surface area contributed by atoms with Gasteiger partial charge in [0, 0.05) is 23.2 Å². The van der Waals surface area contributed by atoms with Gasteiger partial charge in [0.2, 0.25) is 0 Å². The van der Waals surface area contributed by atoms with Gasteiger partial charge in [-0.15, -0.1) is 11.3 Å². The highest BCUT2D eigenvalue weighted by Gasteiger charge is 2.04. The molecule has 1 aromatic heterocycles. The largest absolute Gasteiger partial charge is 0.497 e. The monoisotopic (exact) mass is 276 g/mol. The highest BCUT2D eigenvalue weighted by Crippen LogP contribution is 2.26. The standard InChI is InChI=1S/C15H20N2OS/c1-3-4-9-16-10-14-11-17-15(19-14)12-5-7-13(18-2)8-6-12/h5-8,11,16H,3-4,9-10H2,1-2H3. The minimum Gasteiger partial charge on any atom is -0.497 e. The van der Waals surface area contributed by atoms with Crippen LogP contribution in [0, 0.1) is 0 Å². The Bertz CT molecular complexity index is 493. The predicted molar refractivity (Wildman–Crippen MR) is 80.7 cm³/mol. The van der Waals surface area contributed by atoms with Gasteiger partial charge in [0.05, 0.1) is 7.11 Å². The van der Waals surface area contributed by atoms with Crippen molar-refractivity contribution >= 4 is 11.3 Å². The van der Waals surface area contributed by atoms with Gasteiger partial charge in [0.15, 0.2) is 0 Å². The minimum atomic E-state index is 0.877. The number of methoxy groups -OCH3 is 1. The van der Waals surface area contributed by atoms with E-state index in [1.54, 1.807) is 18.4 Å². The Morgan fingerprint density at radius 3 is 2.74 bits per heavy atom. The van der Waals surface area contributed by atoms with Crippen molar-refractivity contribution < 1.29 is 4.74 Å². The van der Waals surface area contributed by atoms with E-state index in [1.165, 1.54) is 17.7 Å². The van der Waals surface area contributed by atoms with E-state index in [0.29, 0.717) is 0 Å². The zero-order valence-electron chi connectivity index (χ0n) is 11.5. The van der Waals surface area contributed by atoms with Crippen LogP contribution in [0.25, 0.3) is 10.6 Å². The zero-order chi connectivity index (χ0) is 13.5. The van der Waals surface area contributed by atoms with E-state index >= 15 is 0 Å². The van der Waals surface area contributed by atoms with Crippen molar-refractivity contribution in [3.05, 3.63) is 35.3 Å². The Morgan fingerprint density at radius 2 is 2.05 bits per heavy atom. The molecule has 0 aliphatic heterocycles. The summed E-state index contributed by atoms with van der Waals surface area (Å²) in [5.41, 5.74) is 1.14. The van der Waals surface area contributed by atoms with E-state index in [2.05, 4.69) is 17.2 Å². The van der Waals surface area contributed by atoms with Crippen LogP contribution in [0.15, 0.2) is 30.5 Å². The van der Waals surface area contributed by atoms with Gasteiger partial charge < -0.3 is 10.1 Å². The van der Waals surface area contributed by atoms with Crippen LogP contribution in [0.2, 0.25) is 0 Å². The molecule has 0 unspecified atom stereocenters. The number of hydrogen-bond donors (Lipinski definition) is 1.